The molecule has 1 aromatic rings. The van der Waals surface area contributed by atoms with Crippen molar-refractivity contribution in [1.82, 2.24) is 10.3 Å². The highest BCUT2D eigenvalue weighted by molar-refractivity contribution is 7.18. The second-order valence-corrected chi connectivity index (χ2v) is 7.29. The van der Waals surface area contributed by atoms with Crippen LogP contribution in [0.4, 0.5) is 10.9 Å². The highest BCUT2D eigenvalue weighted by Gasteiger charge is 2.23. The predicted molar refractivity (Wildman–Crippen MR) is 84.4 cm³/mol. The van der Waals surface area contributed by atoms with Gasteiger partial charge in [0.25, 0.3) is 5.91 Å². The van der Waals surface area contributed by atoms with E-state index in [1.165, 1.54) is 37.0 Å². The van der Waals surface area contributed by atoms with Gasteiger partial charge in [-0.15, -0.1) is 0 Å². The molecule has 1 aliphatic heterocycles. The lowest BCUT2D eigenvalue weighted by Crippen LogP contribution is -2.40. The van der Waals surface area contributed by atoms with Gasteiger partial charge in [-0.3, -0.25) is 4.79 Å². The number of rotatable bonds is 2. The van der Waals surface area contributed by atoms with Crippen molar-refractivity contribution < 1.29 is 4.79 Å². The first kappa shape index (κ1) is 15.1. The molecule has 1 saturated heterocycles. The number of anilines is 2. The van der Waals surface area contributed by atoms with Gasteiger partial charge in [0.15, 0.2) is 5.13 Å². The highest BCUT2D eigenvalue weighted by atomic mass is 32.1. The number of carbonyl (C=O) groups excluding carboxylic acids is 1. The average Bonchev–Trinajstić information content (AvgIpc) is 2.57. The molecular formula is C14H24N4OS. The molecule has 0 radical (unpaired) electrons. The number of aromatic nitrogens is 1. The molecule has 0 aromatic carbocycles. The van der Waals surface area contributed by atoms with E-state index in [0.717, 1.165) is 18.2 Å². The third-order valence-electron chi connectivity index (χ3n) is 3.21. The zero-order chi connectivity index (χ0) is 14.8. The molecule has 0 atom stereocenters. The Morgan fingerprint density at radius 1 is 1.25 bits per heavy atom. The monoisotopic (exact) mass is 296 g/mol. The summed E-state index contributed by atoms with van der Waals surface area (Å²) in [5.74, 6) is 0.213. The summed E-state index contributed by atoms with van der Waals surface area (Å²) in [6.07, 6.45) is 4.91. The van der Waals surface area contributed by atoms with Gasteiger partial charge in [0.05, 0.1) is 0 Å². The van der Waals surface area contributed by atoms with E-state index < -0.39 is 0 Å². The van der Waals surface area contributed by atoms with Crippen LogP contribution in [0, 0.1) is 0 Å². The fourth-order valence-corrected chi connectivity index (χ4v) is 3.21. The maximum atomic E-state index is 12.2. The van der Waals surface area contributed by atoms with Crippen molar-refractivity contribution in [2.24, 2.45) is 0 Å². The molecule has 20 heavy (non-hydrogen) atoms. The Kier molecular flexibility index (Phi) is 4.52. The van der Waals surface area contributed by atoms with Crippen molar-refractivity contribution in [3.8, 4) is 0 Å². The molecule has 2 rings (SSSR count). The molecule has 6 heteroatoms. The topological polar surface area (TPSA) is 71.2 Å². The second-order valence-electron chi connectivity index (χ2n) is 6.32. The largest absolute Gasteiger partial charge is 0.382 e. The third kappa shape index (κ3) is 3.85. The molecule has 5 nitrogen and oxygen atoms in total. The number of thiazole rings is 1. The summed E-state index contributed by atoms with van der Waals surface area (Å²) in [5.41, 5.74) is 5.65. The molecule has 0 aliphatic carbocycles. The molecule has 1 fully saturated rings. The lowest BCUT2D eigenvalue weighted by molar-refractivity contribution is 0.0924. The highest BCUT2D eigenvalue weighted by Crippen LogP contribution is 2.30. The van der Waals surface area contributed by atoms with Gasteiger partial charge in [0.1, 0.15) is 10.7 Å². The first-order chi connectivity index (χ1) is 9.37. The Morgan fingerprint density at radius 2 is 1.85 bits per heavy atom. The minimum Gasteiger partial charge on any atom is -0.382 e. The van der Waals surface area contributed by atoms with Crippen LogP contribution in [0.2, 0.25) is 0 Å². The Hall–Kier alpha value is -1.30. The van der Waals surface area contributed by atoms with Gasteiger partial charge in [-0.2, -0.15) is 0 Å². The number of nitrogens with two attached hydrogens (primary N) is 1. The van der Waals surface area contributed by atoms with Crippen LogP contribution in [0.1, 0.15) is 56.1 Å². The smallest absolute Gasteiger partial charge is 0.265 e. The molecule has 0 unspecified atom stereocenters. The number of amides is 1. The van der Waals surface area contributed by atoms with E-state index in [4.69, 9.17) is 5.73 Å². The van der Waals surface area contributed by atoms with Crippen LogP contribution >= 0.6 is 11.3 Å². The van der Waals surface area contributed by atoms with Crippen LogP contribution in [-0.2, 0) is 0 Å². The van der Waals surface area contributed by atoms with Crippen molar-refractivity contribution in [2.45, 2.75) is 52.0 Å². The summed E-state index contributed by atoms with van der Waals surface area (Å²) in [5, 5.41) is 3.82. The first-order valence-corrected chi connectivity index (χ1v) is 8.02. The second kappa shape index (κ2) is 5.99. The normalized spacial score (nSPS) is 16.9. The molecule has 0 bridgehead atoms. The predicted octanol–water partition coefficient (Wildman–Crippen LogP) is 2.63. The summed E-state index contributed by atoms with van der Waals surface area (Å²) in [4.78, 5) is 19.4. The standard InChI is InChI=1S/C14H24N4OS/c1-14(2,3)17-12(19)10-11(15)16-13(20-10)18-8-6-4-5-7-9-18/h4-9,15H2,1-3H3,(H,17,19). The minimum atomic E-state index is -0.268. The van der Waals surface area contributed by atoms with E-state index >= 15 is 0 Å². The molecule has 0 spiro atoms. The zero-order valence-corrected chi connectivity index (χ0v) is 13.3. The van der Waals surface area contributed by atoms with Gasteiger partial charge in [0.2, 0.25) is 0 Å². The van der Waals surface area contributed by atoms with Crippen LogP contribution in [0.15, 0.2) is 0 Å². The van der Waals surface area contributed by atoms with Crippen molar-refractivity contribution in [3.05, 3.63) is 4.88 Å². The van der Waals surface area contributed by atoms with E-state index in [2.05, 4.69) is 15.2 Å². The Bertz CT molecular complexity index is 470. The maximum absolute atomic E-state index is 12.2. The number of hydrogen-bond acceptors (Lipinski definition) is 5. The molecule has 112 valence electrons. The number of hydrogen-bond donors (Lipinski definition) is 2. The Morgan fingerprint density at radius 3 is 2.40 bits per heavy atom. The van der Waals surface area contributed by atoms with Crippen LogP contribution in [-0.4, -0.2) is 29.5 Å². The lowest BCUT2D eigenvalue weighted by Gasteiger charge is -2.20. The van der Waals surface area contributed by atoms with Crippen molar-refractivity contribution in [3.63, 3.8) is 0 Å². The molecule has 2 heterocycles. The van der Waals surface area contributed by atoms with Crippen LogP contribution in [0.3, 0.4) is 0 Å². The van der Waals surface area contributed by atoms with Gasteiger partial charge >= 0.3 is 0 Å². The van der Waals surface area contributed by atoms with Crippen molar-refractivity contribution >= 4 is 28.2 Å². The van der Waals surface area contributed by atoms with Gasteiger partial charge in [-0.25, -0.2) is 4.98 Å². The maximum Gasteiger partial charge on any atom is 0.265 e. The zero-order valence-electron chi connectivity index (χ0n) is 12.5. The quantitative estimate of drug-likeness (QED) is 0.880. The van der Waals surface area contributed by atoms with Crippen molar-refractivity contribution in [2.75, 3.05) is 23.7 Å². The van der Waals surface area contributed by atoms with E-state index in [1.54, 1.807) is 0 Å². The fraction of sp³-hybridized carbons (Fsp3) is 0.714. The van der Waals surface area contributed by atoms with Gasteiger partial charge in [0, 0.05) is 18.6 Å². The number of nitrogens with zero attached hydrogens (tertiary/aromatic N) is 2. The molecular weight excluding hydrogens is 272 g/mol. The summed E-state index contributed by atoms with van der Waals surface area (Å²) >= 11 is 1.40. The summed E-state index contributed by atoms with van der Waals surface area (Å²) < 4.78 is 0. The minimum absolute atomic E-state index is 0.131. The molecule has 1 aliphatic rings. The number of nitrogen functional groups attached to an aromatic ring is 1. The van der Waals surface area contributed by atoms with Crippen LogP contribution in [0.25, 0.3) is 0 Å². The third-order valence-corrected chi connectivity index (χ3v) is 4.34. The van der Waals surface area contributed by atoms with E-state index in [-0.39, 0.29) is 11.4 Å². The van der Waals surface area contributed by atoms with Crippen molar-refractivity contribution in [1.29, 1.82) is 0 Å². The Labute approximate surface area is 124 Å². The van der Waals surface area contributed by atoms with E-state index in [9.17, 15) is 4.79 Å². The number of carbonyl (C=O) groups is 1. The SMILES string of the molecule is CC(C)(C)NC(=O)c1sc(N2CCCCCC2)nc1N. The number of nitrogens with one attached hydrogen (secondary N) is 1. The van der Waals surface area contributed by atoms with Gasteiger partial charge < -0.3 is 16.0 Å². The van der Waals surface area contributed by atoms with E-state index in [1.807, 2.05) is 20.8 Å². The Balaban J connectivity index is 2.14. The first-order valence-electron chi connectivity index (χ1n) is 7.20. The van der Waals surface area contributed by atoms with Crippen LogP contribution < -0.4 is 16.0 Å². The van der Waals surface area contributed by atoms with Crippen LogP contribution in [0.5, 0.6) is 0 Å². The van der Waals surface area contributed by atoms with E-state index in [0.29, 0.717) is 10.7 Å². The molecule has 1 aromatic heterocycles. The molecule has 1 amide bonds. The van der Waals surface area contributed by atoms with Gasteiger partial charge in [-0.1, -0.05) is 24.2 Å². The molecule has 0 saturated carbocycles. The van der Waals surface area contributed by atoms with Gasteiger partial charge in [-0.05, 0) is 33.6 Å². The fourth-order valence-electron chi connectivity index (χ4n) is 2.28. The lowest BCUT2D eigenvalue weighted by atomic mass is 10.1. The molecule has 3 N–H and O–H groups in total. The summed E-state index contributed by atoms with van der Waals surface area (Å²) in [7, 11) is 0. The average molecular weight is 296 g/mol. The summed E-state index contributed by atoms with van der Waals surface area (Å²) in [6, 6.07) is 0. The summed E-state index contributed by atoms with van der Waals surface area (Å²) in [6.45, 7) is 7.88.